The van der Waals surface area contributed by atoms with Gasteiger partial charge in [0.1, 0.15) is 5.75 Å². The normalized spacial score (nSPS) is 8.69. The van der Waals surface area contributed by atoms with Gasteiger partial charge in [-0.25, -0.2) is 0 Å². The number of halogens is 1. The van der Waals surface area contributed by atoms with E-state index in [0.717, 1.165) is 0 Å². The summed E-state index contributed by atoms with van der Waals surface area (Å²) in [4.78, 5) is 10.8. The molecule has 1 rings (SSSR count). The number of nitrogens with two attached hydrogens (primary N) is 1. The lowest BCUT2D eigenvalue weighted by Gasteiger charge is -2.05. The molecule has 0 radical (unpaired) electrons. The molecule has 0 aliphatic carbocycles. The van der Waals surface area contributed by atoms with Crippen molar-refractivity contribution in [3.8, 4) is 5.75 Å². The van der Waals surface area contributed by atoms with Crippen LogP contribution >= 0.6 is 12.4 Å². The van der Waals surface area contributed by atoms with Crippen LogP contribution in [0, 0.1) is 0 Å². The first-order chi connectivity index (χ1) is 5.75. The van der Waals surface area contributed by atoms with Crippen molar-refractivity contribution in [2.45, 2.75) is 6.92 Å². The Kier molecular flexibility index (Phi) is 4.92. The molecule has 72 valence electrons. The number of para-hydroxylation sites is 1. The molecule has 0 heterocycles. The lowest BCUT2D eigenvalue weighted by atomic mass is 10.2. The third kappa shape index (κ3) is 2.95. The highest BCUT2D eigenvalue weighted by atomic mass is 35.5. The van der Waals surface area contributed by atoms with Gasteiger partial charge in [-0.2, -0.15) is 0 Å². The second-order valence-corrected chi connectivity index (χ2v) is 2.29. The average Bonchev–Trinajstić information content (AvgIpc) is 2.05. The number of benzene rings is 1. The number of primary amides is 1. The molecule has 13 heavy (non-hydrogen) atoms. The van der Waals surface area contributed by atoms with E-state index in [-0.39, 0.29) is 12.4 Å². The van der Waals surface area contributed by atoms with Crippen LogP contribution in [0.2, 0.25) is 0 Å². The number of hydrogen-bond donors (Lipinski definition) is 1. The number of carbonyl (C=O) groups excluding carboxylic acids is 1. The average molecular weight is 202 g/mol. The summed E-state index contributed by atoms with van der Waals surface area (Å²) in [7, 11) is 0. The molecule has 1 amide bonds. The van der Waals surface area contributed by atoms with Crippen LogP contribution in [0.4, 0.5) is 0 Å². The maximum atomic E-state index is 10.8. The molecule has 0 aliphatic heterocycles. The number of rotatable bonds is 3. The van der Waals surface area contributed by atoms with E-state index in [9.17, 15) is 4.79 Å². The Bertz CT molecular complexity index is 289. The zero-order chi connectivity index (χ0) is 8.97. The van der Waals surface area contributed by atoms with Crippen LogP contribution in [0.1, 0.15) is 17.3 Å². The van der Waals surface area contributed by atoms with Crippen LogP contribution < -0.4 is 10.5 Å². The first kappa shape index (κ1) is 11.8. The summed E-state index contributed by atoms with van der Waals surface area (Å²) >= 11 is 0. The van der Waals surface area contributed by atoms with Gasteiger partial charge in [0.15, 0.2) is 0 Å². The first-order valence-electron chi connectivity index (χ1n) is 3.77. The maximum absolute atomic E-state index is 10.8. The second kappa shape index (κ2) is 5.43. The summed E-state index contributed by atoms with van der Waals surface area (Å²) in [5.41, 5.74) is 5.56. The molecule has 0 bridgehead atoms. The number of carbonyl (C=O) groups is 1. The van der Waals surface area contributed by atoms with Crippen LogP contribution in [-0.2, 0) is 0 Å². The predicted octanol–water partition coefficient (Wildman–Crippen LogP) is 1.61. The molecule has 0 saturated carbocycles. The van der Waals surface area contributed by atoms with Crippen LogP contribution in [-0.4, -0.2) is 12.5 Å². The van der Waals surface area contributed by atoms with Crippen molar-refractivity contribution in [1.82, 2.24) is 0 Å². The molecule has 0 aromatic heterocycles. The van der Waals surface area contributed by atoms with Crippen LogP contribution in [0.5, 0.6) is 5.75 Å². The summed E-state index contributed by atoms with van der Waals surface area (Å²) in [6.45, 7) is 2.39. The lowest BCUT2D eigenvalue weighted by molar-refractivity contribution is 0.0996. The predicted molar refractivity (Wildman–Crippen MR) is 53.4 cm³/mol. The molecular formula is C9H12ClNO2. The zero-order valence-corrected chi connectivity index (χ0v) is 8.14. The molecule has 1 aromatic carbocycles. The van der Waals surface area contributed by atoms with Gasteiger partial charge in [0.05, 0.1) is 12.2 Å². The van der Waals surface area contributed by atoms with E-state index in [1.165, 1.54) is 0 Å². The van der Waals surface area contributed by atoms with Gasteiger partial charge in [-0.15, -0.1) is 12.4 Å². The highest BCUT2D eigenvalue weighted by Crippen LogP contribution is 2.16. The van der Waals surface area contributed by atoms with Crippen molar-refractivity contribution in [2.75, 3.05) is 6.61 Å². The van der Waals surface area contributed by atoms with E-state index in [1.807, 2.05) is 6.92 Å². The molecule has 0 unspecified atom stereocenters. The largest absolute Gasteiger partial charge is 0.493 e. The molecule has 0 spiro atoms. The highest BCUT2D eigenvalue weighted by molar-refractivity contribution is 5.95. The van der Waals surface area contributed by atoms with Gasteiger partial charge in [-0.3, -0.25) is 4.79 Å². The third-order valence-electron chi connectivity index (χ3n) is 1.45. The van der Waals surface area contributed by atoms with Crippen molar-refractivity contribution in [3.05, 3.63) is 29.8 Å². The van der Waals surface area contributed by atoms with Crippen molar-refractivity contribution >= 4 is 18.3 Å². The Morgan fingerprint density at radius 2 is 2.08 bits per heavy atom. The highest BCUT2D eigenvalue weighted by Gasteiger charge is 2.06. The summed E-state index contributed by atoms with van der Waals surface area (Å²) < 4.78 is 5.20. The van der Waals surface area contributed by atoms with Gasteiger partial charge >= 0.3 is 0 Å². The van der Waals surface area contributed by atoms with Gasteiger partial charge in [0.25, 0.3) is 5.91 Å². The summed E-state index contributed by atoms with van der Waals surface area (Å²) in [6.07, 6.45) is 0. The van der Waals surface area contributed by atoms with Crippen molar-refractivity contribution in [1.29, 1.82) is 0 Å². The molecule has 1 aromatic rings. The number of ether oxygens (including phenoxy) is 1. The Morgan fingerprint density at radius 3 is 2.62 bits per heavy atom. The minimum absolute atomic E-state index is 0. The van der Waals surface area contributed by atoms with Gasteiger partial charge in [0.2, 0.25) is 0 Å². The van der Waals surface area contributed by atoms with Crippen molar-refractivity contribution in [2.24, 2.45) is 5.73 Å². The van der Waals surface area contributed by atoms with E-state index < -0.39 is 5.91 Å². The molecule has 3 nitrogen and oxygen atoms in total. The van der Waals surface area contributed by atoms with Gasteiger partial charge in [-0.1, -0.05) is 12.1 Å². The van der Waals surface area contributed by atoms with E-state index in [0.29, 0.717) is 17.9 Å². The molecule has 0 fully saturated rings. The second-order valence-electron chi connectivity index (χ2n) is 2.29. The summed E-state index contributed by atoms with van der Waals surface area (Å²) in [6, 6.07) is 6.93. The van der Waals surface area contributed by atoms with Gasteiger partial charge < -0.3 is 10.5 Å². The minimum atomic E-state index is -0.459. The monoisotopic (exact) mass is 201 g/mol. The molecule has 0 atom stereocenters. The standard InChI is InChI=1S/C9H11NO2.ClH/c1-2-12-8-6-4-3-5-7(8)9(10)11;/h3-6H,2H2,1H3,(H2,10,11);1H. The molecule has 2 N–H and O–H groups in total. The fourth-order valence-corrected chi connectivity index (χ4v) is 0.952. The fraction of sp³-hybridized carbons (Fsp3) is 0.222. The summed E-state index contributed by atoms with van der Waals surface area (Å²) in [5.74, 6) is 0.0894. The van der Waals surface area contributed by atoms with E-state index in [1.54, 1.807) is 24.3 Å². The van der Waals surface area contributed by atoms with E-state index in [2.05, 4.69) is 0 Å². The minimum Gasteiger partial charge on any atom is -0.493 e. The molecule has 0 saturated heterocycles. The lowest BCUT2D eigenvalue weighted by Crippen LogP contribution is -2.12. The van der Waals surface area contributed by atoms with Crippen LogP contribution in [0.3, 0.4) is 0 Å². The smallest absolute Gasteiger partial charge is 0.252 e. The van der Waals surface area contributed by atoms with Gasteiger partial charge in [0, 0.05) is 0 Å². The maximum Gasteiger partial charge on any atom is 0.252 e. The SMILES string of the molecule is CCOc1ccccc1C(N)=O.Cl. The van der Waals surface area contributed by atoms with Gasteiger partial charge in [-0.05, 0) is 19.1 Å². The summed E-state index contributed by atoms with van der Waals surface area (Å²) in [5, 5.41) is 0. The molecule has 4 heteroatoms. The topological polar surface area (TPSA) is 52.3 Å². The number of amides is 1. The van der Waals surface area contributed by atoms with E-state index in [4.69, 9.17) is 10.5 Å². The van der Waals surface area contributed by atoms with Crippen molar-refractivity contribution < 1.29 is 9.53 Å². The van der Waals surface area contributed by atoms with Crippen molar-refractivity contribution in [3.63, 3.8) is 0 Å². The van der Waals surface area contributed by atoms with Crippen LogP contribution in [0.15, 0.2) is 24.3 Å². The van der Waals surface area contributed by atoms with Crippen LogP contribution in [0.25, 0.3) is 0 Å². The molecule has 0 aliphatic rings. The fourth-order valence-electron chi connectivity index (χ4n) is 0.952. The number of hydrogen-bond acceptors (Lipinski definition) is 2. The Labute approximate surface area is 83.3 Å². The quantitative estimate of drug-likeness (QED) is 0.808. The Hall–Kier alpha value is -1.22. The zero-order valence-electron chi connectivity index (χ0n) is 7.32. The Morgan fingerprint density at radius 1 is 1.46 bits per heavy atom. The first-order valence-corrected chi connectivity index (χ1v) is 3.77. The third-order valence-corrected chi connectivity index (χ3v) is 1.45. The molecular weight excluding hydrogens is 190 g/mol. The van der Waals surface area contributed by atoms with E-state index >= 15 is 0 Å². The Balaban J connectivity index is 0.00000144.